The number of aromatic nitrogens is 2. The number of pyridine rings is 2. The number of hydrogen-bond donors (Lipinski definition) is 1. The van der Waals surface area contributed by atoms with Crippen molar-refractivity contribution in [3.8, 4) is 0 Å². The third-order valence-corrected chi connectivity index (χ3v) is 5.66. The molecule has 160 valence electrons. The summed E-state index contributed by atoms with van der Waals surface area (Å²) in [5.41, 5.74) is 4.30. The summed E-state index contributed by atoms with van der Waals surface area (Å²) in [5, 5.41) is 3.46. The summed E-state index contributed by atoms with van der Waals surface area (Å²) >= 11 is 0. The lowest BCUT2D eigenvalue weighted by Crippen LogP contribution is -2.33. The van der Waals surface area contributed by atoms with Crippen LogP contribution in [0.1, 0.15) is 27.2 Å². The second-order valence-corrected chi connectivity index (χ2v) is 7.83. The molecule has 2 aromatic carbocycles. The zero-order valence-electron chi connectivity index (χ0n) is 17.2. The van der Waals surface area contributed by atoms with Gasteiger partial charge in [0.05, 0.1) is 11.1 Å². The Morgan fingerprint density at radius 3 is 2.75 bits per heavy atom. The first-order valence-corrected chi connectivity index (χ1v) is 10.4. The number of amides is 1. The Labute approximate surface area is 183 Å². The van der Waals surface area contributed by atoms with Gasteiger partial charge in [-0.1, -0.05) is 24.3 Å². The molecule has 0 saturated heterocycles. The van der Waals surface area contributed by atoms with Gasteiger partial charge >= 0.3 is 0 Å². The second-order valence-electron chi connectivity index (χ2n) is 7.83. The van der Waals surface area contributed by atoms with Gasteiger partial charge in [-0.05, 0) is 29.8 Å². The summed E-state index contributed by atoms with van der Waals surface area (Å²) in [5.74, 6) is -2.33. The standard InChI is InChI=1S/C25H20F2N4O/c26-20-8-7-17(12-21(20)27)29-25(32)24-18-5-1-2-6-22(18)30-23-9-11-31(15-19(23)24)14-16-4-3-10-28-13-16/h1-8,10,12-13H,9,11,14-15H2,(H,29,32). The summed E-state index contributed by atoms with van der Waals surface area (Å²) in [6.07, 6.45) is 4.29. The number of carbonyl (C=O) groups is 1. The number of benzene rings is 2. The fraction of sp³-hybridized carbons (Fsp3) is 0.160. The highest BCUT2D eigenvalue weighted by molar-refractivity contribution is 6.13. The molecular weight excluding hydrogens is 410 g/mol. The van der Waals surface area contributed by atoms with E-state index in [0.29, 0.717) is 25.1 Å². The minimum absolute atomic E-state index is 0.201. The molecule has 1 N–H and O–H groups in total. The normalized spacial score (nSPS) is 13.7. The van der Waals surface area contributed by atoms with Crippen LogP contribution in [-0.4, -0.2) is 27.3 Å². The van der Waals surface area contributed by atoms with Gasteiger partial charge in [0.1, 0.15) is 0 Å². The SMILES string of the molecule is O=C(Nc1ccc(F)c(F)c1)c1c2c(nc3ccccc13)CCN(Cc1cccnc1)C2. The van der Waals surface area contributed by atoms with E-state index in [0.717, 1.165) is 46.4 Å². The first kappa shape index (κ1) is 20.2. The van der Waals surface area contributed by atoms with Crippen molar-refractivity contribution in [3.05, 3.63) is 101 Å². The lowest BCUT2D eigenvalue weighted by molar-refractivity contribution is 0.102. The molecule has 0 aliphatic carbocycles. The molecule has 7 heteroatoms. The Balaban J connectivity index is 1.53. The number of fused-ring (bicyclic) bond motifs is 2. The van der Waals surface area contributed by atoms with Crippen LogP contribution in [0.4, 0.5) is 14.5 Å². The topological polar surface area (TPSA) is 58.1 Å². The van der Waals surface area contributed by atoms with Crippen molar-refractivity contribution < 1.29 is 13.6 Å². The molecule has 5 nitrogen and oxygen atoms in total. The monoisotopic (exact) mass is 430 g/mol. The molecule has 1 aliphatic rings. The molecule has 0 radical (unpaired) electrons. The average molecular weight is 430 g/mol. The van der Waals surface area contributed by atoms with Crippen LogP contribution in [0.25, 0.3) is 10.9 Å². The summed E-state index contributed by atoms with van der Waals surface area (Å²) in [6, 6.07) is 14.8. The molecule has 0 fully saturated rings. The molecule has 0 spiro atoms. The Morgan fingerprint density at radius 2 is 1.94 bits per heavy atom. The number of hydrogen-bond acceptors (Lipinski definition) is 4. The molecule has 2 aromatic heterocycles. The summed E-state index contributed by atoms with van der Waals surface area (Å²) in [6.45, 7) is 2.09. The Morgan fingerprint density at radius 1 is 1.06 bits per heavy atom. The number of nitrogens with zero attached hydrogens (tertiary/aromatic N) is 3. The number of rotatable bonds is 4. The van der Waals surface area contributed by atoms with E-state index in [-0.39, 0.29) is 11.6 Å². The maximum atomic E-state index is 13.7. The first-order valence-electron chi connectivity index (χ1n) is 10.4. The van der Waals surface area contributed by atoms with Crippen LogP contribution < -0.4 is 5.32 Å². The van der Waals surface area contributed by atoms with Gasteiger partial charge in [0, 0.05) is 66.8 Å². The van der Waals surface area contributed by atoms with Crippen molar-refractivity contribution in [1.82, 2.24) is 14.9 Å². The third kappa shape index (κ3) is 3.94. The van der Waals surface area contributed by atoms with E-state index >= 15 is 0 Å². The number of anilines is 1. The summed E-state index contributed by atoms with van der Waals surface area (Å²) in [4.78, 5) is 24.6. The van der Waals surface area contributed by atoms with Gasteiger partial charge in [-0.25, -0.2) is 8.78 Å². The van der Waals surface area contributed by atoms with Crippen LogP contribution >= 0.6 is 0 Å². The molecule has 4 aromatic rings. The maximum absolute atomic E-state index is 13.7. The summed E-state index contributed by atoms with van der Waals surface area (Å²) in [7, 11) is 0. The van der Waals surface area contributed by atoms with Crippen LogP contribution in [-0.2, 0) is 19.5 Å². The van der Waals surface area contributed by atoms with Gasteiger partial charge in [-0.3, -0.25) is 19.7 Å². The van der Waals surface area contributed by atoms with E-state index in [1.54, 1.807) is 6.20 Å². The number of halogens is 2. The van der Waals surface area contributed by atoms with E-state index in [1.807, 2.05) is 42.6 Å². The van der Waals surface area contributed by atoms with Gasteiger partial charge in [0.25, 0.3) is 5.91 Å². The molecule has 3 heterocycles. The Hall–Kier alpha value is -3.71. The van der Waals surface area contributed by atoms with Crippen molar-refractivity contribution in [3.63, 3.8) is 0 Å². The van der Waals surface area contributed by atoms with Crippen LogP contribution in [0.2, 0.25) is 0 Å². The van der Waals surface area contributed by atoms with E-state index < -0.39 is 11.6 Å². The van der Waals surface area contributed by atoms with Crippen LogP contribution in [0.3, 0.4) is 0 Å². The van der Waals surface area contributed by atoms with Crippen LogP contribution in [0.15, 0.2) is 67.0 Å². The average Bonchev–Trinajstić information content (AvgIpc) is 2.80. The minimum atomic E-state index is -1.01. The van der Waals surface area contributed by atoms with Crippen LogP contribution in [0, 0.1) is 11.6 Å². The zero-order chi connectivity index (χ0) is 22.1. The highest BCUT2D eigenvalue weighted by atomic mass is 19.2. The van der Waals surface area contributed by atoms with Gasteiger partial charge in [0.2, 0.25) is 0 Å². The maximum Gasteiger partial charge on any atom is 0.256 e. The molecule has 0 unspecified atom stereocenters. The van der Waals surface area contributed by atoms with E-state index in [4.69, 9.17) is 4.98 Å². The lowest BCUT2D eigenvalue weighted by atomic mass is 9.95. The van der Waals surface area contributed by atoms with Crippen molar-refractivity contribution >= 4 is 22.5 Å². The Kier molecular flexibility index (Phi) is 5.33. The molecule has 5 rings (SSSR count). The van der Waals surface area contributed by atoms with Gasteiger partial charge < -0.3 is 5.32 Å². The molecule has 0 bridgehead atoms. The number of carbonyl (C=O) groups excluding carboxylic acids is 1. The molecule has 32 heavy (non-hydrogen) atoms. The van der Waals surface area contributed by atoms with Crippen molar-refractivity contribution in [2.45, 2.75) is 19.5 Å². The molecule has 1 amide bonds. The van der Waals surface area contributed by atoms with E-state index in [1.165, 1.54) is 6.07 Å². The molecule has 0 saturated carbocycles. The zero-order valence-corrected chi connectivity index (χ0v) is 17.2. The van der Waals surface area contributed by atoms with Gasteiger partial charge in [-0.15, -0.1) is 0 Å². The van der Waals surface area contributed by atoms with E-state index in [2.05, 4.69) is 15.2 Å². The second kappa shape index (κ2) is 8.43. The predicted octanol–water partition coefficient (Wildman–Crippen LogP) is 4.72. The fourth-order valence-corrected chi connectivity index (χ4v) is 4.16. The fourth-order valence-electron chi connectivity index (χ4n) is 4.16. The smallest absolute Gasteiger partial charge is 0.256 e. The van der Waals surface area contributed by atoms with Gasteiger partial charge in [0.15, 0.2) is 11.6 Å². The van der Waals surface area contributed by atoms with Crippen molar-refractivity contribution in [2.75, 3.05) is 11.9 Å². The largest absolute Gasteiger partial charge is 0.322 e. The van der Waals surface area contributed by atoms with Gasteiger partial charge in [-0.2, -0.15) is 0 Å². The minimum Gasteiger partial charge on any atom is -0.322 e. The molecular formula is C25H20F2N4O. The lowest BCUT2D eigenvalue weighted by Gasteiger charge is -2.30. The highest BCUT2D eigenvalue weighted by Crippen LogP contribution is 2.29. The highest BCUT2D eigenvalue weighted by Gasteiger charge is 2.26. The first-order chi connectivity index (χ1) is 15.6. The molecule has 1 aliphatic heterocycles. The predicted molar refractivity (Wildman–Crippen MR) is 118 cm³/mol. The van der Waals surface area contributed by atoms with E-state index in [9.17, 15) is 13.6 Å². The third-order valence-electron chi connectivity index (χ3n) is 5.66. The number of nitrogens with one attached hydrogen (secondary N) is 1. The Bertz CT molecular complexity index is 1310. The number of para-hydroxylation sites is 1. The quantitative estimate of drug-likeness (QED) is 0.509. The van der Waals surface area contributed by atoms with Crippen LogP contribution in [0.5, 0.6) is 0 Å². The summed E-state index contributed by atoms with van der Waals surface area (Å²) < 4.78 is 27.0. The molecule has 0 atom stereocenters. The van der Waals surface area contributed by atoms with Crippen molar-refractivity contribution in [1.29, 1.82) is 0 Å². The van der Waals surface area contributed by atoms with Crippen molar-refractivity contribution in [2.24, 2.45) is 0 Å².